The summed E-state index contributed by atoms with van der Waals surface area (Å²) >= 11 is 3.49. The number of rotatable bonds is 7. The molecule has 0 atom stereocenters. The molecule has 0 bridgehead atoms. The number of nitrogens with one attached hydrogen (secondary N) is 1. The second-order valence-corrected chi connectivity index (χ2v) is 15.6. The van der Waals surface area contributed by atoms with E-state index in [-0.39, 0.29) is 6.73 Å². The lowest BCUT2D eigenvalue weighted by molar-refractivity contribution is 0.0636. The molecule has 1 aromatic carbocycles. The number of ether oxygens (including phenoxy) is 2. The first-order valence-electron chi connectivity index (χ1n) is 9.55. The van der Waals surface area contributed by atoms with Crippen molar-refractivity contribution in [2.75, 3.05) is 17.7 Å². The molecular weight excluding hydrogens is 452 g/mol. The van der Waals surface area contributed by atoms with E-state index < -0.39 is 19.8 Å². The molecule has 160 valence electrons. The van der Waals surface area contributed by atoms with Gasteiger partial charge in [-0.05, 0) is 45.0 Å². The molecule has 9 heteroatoms. The van der Waals surface area contributed by atoms with E-state index in [1.807, 2.05) is 32.9 Å². The monoisotopic (exact) mass is 482 g/mol. The predicted molar refractivity (Wildman–Crippen MR) is 124 cm³/mol. The van der Waals surface area contributed by atoms with Gasteiger partial charge in [-0.2, -0.15) is 5.10 Å². The molecule has 2 rings (SSSR count). The predicted octanol–water partition coefficient (Wildman–Crippen LogP) is 5.55. The molecule has 7 nitrogen and oxygen atoms in total. The van der Waals surface area contributed by atoms with E-state index in [4.69, 9.17) is 15.2 Å². The van der Waals surface area contributed by atoms with Crippen LogP contribution in [-0.2, 0) is 16.2 Å². The van der Waals surface area contributed by atoms with Crippen LogP contribution in [0.25, 0.3) is 11.3 Å². The largest absolute Gasteiger partial charge is 0.444 e. The number of aromatic nitrogens is 2. The highest BCUT2D eigenvalue weighted by molar-refractivity contribution is 9.10. The first kappa shape index (κ1) is 23.4. The Labute approximate surface area is 182 Å². The van der Waals surface area contributed by atoms with Crippen molar-refractivity contribution in [1.82, 2.24) is 9.78 Å². The van der Waals surface area contributed by atoms with Crippen molar-refractivity contribution in [3.8, 4) is 11.3 Å². The van der Waals surface area contributed by atoms with Crippen molar-refractivity contribution in [1.29, 1.82) is 0 Å². The van der Waals surface area contributed by atoms with Crippen LogP contribution in [0.5, 0.6) is 0 Å². The van der Waals surface area contributed by atoms with Crippen LogP contribution < -0.4 is 11.1 Å². The number of nitrogens with two attached hydrogens (primary N) is 1. The van der Waals surface area contributed by atoms with E-state index in [0.717, 1.165) is 16.1 Å². The van der Waals surface area contributed by atoms with Gasteiger partial charge < -0.3 is 15.2 Å². The molecule has 0 spiro atoms. The molecule has 2 aromatic rings. The molecule has 29 heavy (non-hydrogen) atoms. The van der Waals surface area contributed by atoms with E-state index in [1.54, 1.807) is 16.9 Å². The molecule has 0 saturated carbocycles. The standard InChI is InChI=1S/C20H31BrN4O3Si/c1-20(2,3)28-19(26)24-17-8-7-14(21)11-15(17)18-16(22)12-23-25(18)13-27-9-10-29(4,5)6/h7-8,11-12H,9-10,13,22H2,1-6H3,(H,24,26). The Morgan fingerprint density at radius 1 is 1.31 bits per heavy atom. The van der Waals surface area contributed by atoms with Gasteiger partial charge in [-0.1, -0.05) is 35.6 Å². The molecule has 0 radical (unpaired) electrons. The molecule has 1 amide bonds. The Bertz CT molecular complexity index is 856. The lowest BCUT2D eigenvalue weighted by Gasteiger charge is -2.21. The zero-order valence-corrected chi connectivity index (χ0v) is 20.6. The molecule has 0 aliphatic heterocycles. The zero-order chi connectivity index (χ0) is 21.8. The van der Waals surface area contributed by atoms with Gasteiger partial charge in [-0.15, -0.1) is 0 Å². The van der Waals surface area contributed by atoms with Crippen molar-refractivity contribution < 1.29 is 14.3 Å². The first-order chi connectivity index (χ1) is 13.4. The van der Waals surface area contributed by atoms with E-state index >= 15 is 0 Å². The van der Waals surface area contributed by atoms with Gasteiger partial charge in [-0.3, -0.25) is 5.32 Å². The normalized spacial score (nSPS) is 12.1. The molecule has 0 saturated heterocycles. The number of carbonyl (C=O) groups is 1. The highest BCUT2D eigenvalue weighted by Crippen LogP contribution is 2.35. The Morgan fingerprint density at radius 2 is 2.00 bits per heavy atom. The van der Waals surface area contributed by atoms with E-state index in [9.17, 15) is 4.79 Å². The Kier molecular flexibility index (Phi) is 7.53. The first-order valence-corrected chi connectivity index (χ1v) is 14.0. The van der Waals surface area contributed by atoms with E-state index in [0.29, 0.717) is 23.7 Å². The molecule has 0 aliphatic carbocycles. The van der Waals surface area contributed by atoms with Crippen LogP contribution in [0.15, 0.2) is 28.9 Å². The van der Waals surface area contributed by atoms with Crippen LogP contribution in [0.3, 0.4) is 0 Å². The number of carbonyl (C=O) groups excluding carboxylic acids is 1. The second kappa shape index (κ2) is 9.31. The number of amides is 1. The fourth-order valence-electron chi connectivity index (χ4n) is 2.56. The third-order valence-corrected chi connectivity index (χ3v) is 6.15. The number of halogens is 1. The average molecular weight is 483 g/mol. The number of hydrogen-bond donors (Lipinski definition) is 2. The second-order valence-electron chi connectivity index (χ2n) is 9.11. The van der Waals surface area contributed by atoms with Crippen LogP contribution in [0.4, 0.5) is 16.2 Å². The van der Waals surface area contributed by atoms with E-state index in [2.05, 4.69) is 46.0 Å². The molecule has 0 fully saturated rings. The minimum Gasteiger partial charge on any atom is -0.444 e. The minimum absolute atomic E-state index is 0.287. The van der Waals surface area contributed by atoms with Gasteiger partial charge in [-0.25, -0.2) is 9.48 Å². The highest BCUT2D eigenvalue weighted by atomic mass is 79.9. The van der Waals surface area contributed by atoms with Gasteiger partial charge in [0, 0.05) is 24.7 Å². The fourth-order valence-corrected chi connectivity index (χ4v) is 3.67. The van der Waals surface area contributed by atoms with Gasteiger partial charge in [0.15, 0.2) is 0 Å². The number of benzene rings is 1. The lowest BCUT2D eigenvalue weighted by Crippen LogP contribution is -2.27. The SMILES string of the molecule is CC(C)(C)OC(=O)Nc1ccc(Br)cc1-c1c(N)cnn1COCC[Si](C)(C)C. The summed E-state index contributed by atoms with van der Waals surface area (Å²) in [5, 5.41) is 7.16. The maximum atomic E-state index is 12.3. The fraction of sp³-hybridized carbons (Fsp3) is 0.500. The quantitative estimate of drug-likeness (QED) is 0.398. The Morgan fingerprint density at radius 3 is 2.62 bits per heavy atom. The molecule has 1 aromatic heterocycles. The van der Waals surface area contributed by atoms with Crippen molar-refractivity contribution in [2.45, 2.75) is 58.8 Å². The van der Waals surface area contributed by atoms with Gasteiger partial charge in [0.05, 0.1) is 23.3 Å². The summed E-state index contributed by atoms with van der Waals surface area (Å²) in [6.07, 6.45) is 1.06. The van der Waals surface area contributed by atoms with Gasteiger partial charge in [0.25, 0.3) is 0 Å². The summed E-state index contributed by atoms with van der Waals surface area (Å²) in [5.74, 6) is 0. The molecular formula is C20H31BrN4O3Si. The van der Waals surface area contributed by atoms with Crippen molar-refractivity contribution in [3.05, 3.63) is 28.9 Å². The average Bonchev–Trinajstić information content (AvgIpc) is 2.91. The summed E-state index contributed by atoms with van der Waals surface area (Å²) in [4.78, 5) is 12.3. The lowest BCUT2D eigenvalue weighted by atomic mass is 10.1. The molecule has 3 N–H and O–H groups in total. The maximum absolute atomic E-state index is 12.3. The Balaban J connectivity index is 2.26. The maximum Gasteiger partial charge on any atom is 0.412 e. The van der Waals surface area contributed by atoms with Crippen LogP contribution in [0.2, 0.25) is 25.7 Å². The third kappa shape index (κ3) is 7.49. The molecule has 0 unspecified atom stereocenters. The van der Waals surface area contributed by atoms with Gasteiger partial charge in [0.2, 0.25) is 0 Å². The van der Waals surface area contributed by atoms with Crippen LogP contribution in [0, 0.1) is 0 Å². The van der Waals surface area contributed by atoms with E-state index in [1.165, 1.54) is 0 Å². The molecule has 0 aliphatic rings. The number of hydrogen-bond acceptors (Lipinski definition) is 5. The zero-order valence-electron chi connectivity index (χ0n) is 18.0. The topological polar surface area (TPSA) is 91.4 Å². The number of nitrogen functional groups attached to an aromatic ring is 1. The van der Waals surface area contributed by atoms with Crippen LogP contribution in [0.1, 0.15) is 20.8 Å². The summed E-state index contributed by atoms with van der Waals surface area (Å²) in [7, 11) is -1.17. The number of nitrogens with zero attached hydrogens (tertiary/aromatic N) is 2. The third-order valence-electron chi connectivity index (χ3n) is 3.95. The van der Waals surface area contributed by atoms with Crippen LogP contribution >= 0.6 is 15.9 Å². The highest BCUT2D eigenvalue weighted by Gasteiger charge is 2.20. The van der Waals surface area contributed by atoms with Gasteiger partial charge >= 0.3 is 6.09 Å². The molecule has 1 heterocycles. The number of anilines is 2. The van der Waals surface area contributed by atoms with Crippen molar-refractivity contribution in [3.63, 3.8) is 0 Å². The summed E-state index contributed by atoms with van der Waals surface area (Å²) in [6, 6.07) is 6.60. The summed E-state index contributed by atoms with van der Waals surface area (Å²) in [5.41, 5.74) is 8.12. The summed E-state index contributed by atoms with van der Waals surface area (Å²) < 4.78 is 13.8. The Hall–Kier alpha value is -1.84. The van der Waals surface area contributed by atoms with Gasteiger partial charge in [0.1, 0.15) is 12.3 Å². The van der Waals surface area contributed by atoms with Crippen LogP contribution in [-0.4, -0.2) is 36.2 Å². The summed E-state index contributed by atoms with van der Waals surface area (Å²) in [6.45, 7) is 13.4. The van der Waals surface area contributed by atoms with Crippen molar-refractivity contribution >= 4 is 41.5 Å². The van der Waals surface area contributed by atoms with Crippen molar-refractivity contribution in [2.24, 2.45) is 0 Å². The minimum atomic E-state index is -1.17. The smallest absolute Gasteiger partial charge is 0.412 e.